The van der Waals surface area contributed by atoms with E-state index < -0.39 is 0 Å². The molecular weight excluding hydrogens is 356 g/mol. The molecule has 1 aliphatic heterocycles. The molecule has 2 heterocycles. The second-order valence-electron chi connectivity index (χ2n) is 6.90. The van der Waals surface area contributed by atoms with Crippen molar-refractivity contribution in [2.24, 2.45) is 0 Å². The first kappa shape index (κ1) is 17.8. The Balaban J connectivity index is 1.33. The maximum Gasteiger partial charge on any atom is 0.282 e. The molecule has 138 valence electrons. The maximum absolute atomic E-state index is 12.3. The molecule has 0 spiro atoms. The van der Waals surface area contributed by atoms with E-state index in [1.54, 1.807) is 0 Å². The lowest BCUT2D eigenvalue weighted by atomic mass is 10.0. The number of carbonyl (C=O) groups is 1. The predicted molar refractivity (Wildman–Crippen MR) is 107 cm³/mol. The molecule has 27 heavy (non-hydrogen) atoms. The molecule has 5 nitrogen and oxygen atoms in total. The number of benzene rings is 2. The van der Waals surface area contributed by atoms with Crippen LogP contribution in [0.15, 0.2) is 48.5 Å². The summed E-state index contributed by atoms with van der Waals surface area (Å²) in [7, 11) is 0. The average Bonchev–Trinajstić information content (AvgIpc) is 3.16. The standard InChI is InChI=1S/C21H22N4OS/c1-15-6-8-16(9-7-15)12-22-20(26)21-24-23-19(27-21)14-25-11-10-17-4-2-3-5-18(17)13-25/h2-9H,10-14H2,1H3,(H,22,26). The lowest BCUT2D eigenvalue weighted by molar-refractivity contribution is 0.0950. The number of aromatic nitrogens is 2. The minimum atomic E-state index is -0.164. The fraction of sp³-hybridized carbons (Fsp3) is 0.286. The van der Waals surface area contributed by atoms with E-state index >= 15 is 0 Å². The van der Waals surface area contributed by atoms with Crippen molar-refractivity contribution in [2.45, 2.75) is 33.0 Å². The maximum atomic E-state index is 12.3. The van der Waals surface area contributed by atoms with E-state index in [9.17, 15) is 4.79 Å². The van der Waals surface area contributed by atoms with Gasteiger partial charge in [-0.2, -0.15) is 0 Å². The number of carbonyl (C=O) groups excluding carboxylic acids is 1. The Bertz CT molecular complexity index is 935. The quantitative estimate of drug-likeness (QED) is 0.740. The summed E-state index contributed by atoms with van der Waals surface area (Å²) in [4.78, 5) is 14.7. The van der Waals surface area contributed by atoms with Gasteiger partial charge in [0.1, 0.15) is 5.01 Å². The van der Waals surface area contributed by atoms with Gasteiger partial charge in [0.05, 0.1) is 6.54 Å². The van der Waals surface area contributed by atoms with Crippen LogP contribution in [0.2, 0.25) is 0 Å². The third-order valence-electron chi connectivity index (χ3n) is 4.80. The number of amides is 1. The second-order valence-corrected chi connectivity index (χ2v) is 7.96. The Morgan fingerprint density at radius 3 is 2.70 bits per heavy atom. The molecule has 0 atom stereocenters. The Labute approximate surface area is 163 Å². The molecule has 1 aliphatic rings. The summed E-state index contributed by atoms with van der Waals surface area (Å²) < 4.78 is 0. The number of nitrogens with zero attached hydrogens (tertiary/aromatic N) is 3. The molecule has 1 amide bonds. The third kappa shape index (κ3) is 4.40. The van der Waals surface area contributed by atoms with Gasteiger partial charge in [0.2, 0.25) is 5.01 Å². The summed E-state index contributed by atoms with van der Waals surface area (Å²) in [6.07, 6.45) is 1.05. The zero-order valence-electron chi connectivity index (χ0n) is 15.3. The highest BCUT2D eigenvalue weighted by molar-refractivity contribution is 7.13. The lowest BCUT2D eigenvalue weighted by Gasteiger charge is -2.27. The van der Waals surface area contributed by atoms with Crippen molar-refractivity contribution in [1.82, 2.24) is 20.4 Å². The fourth-order valence-corrected chi connectivity index (χ4v) is 4.05. The topological polar surface area (TPSA) is 58.1 Å². The van der Waals surface area contributed by atoms with Crippen LogP contribution in [-0.4, -0.2) is 27.5 Å². The molecule has 1 N–H and O–H groups in total. The lowest BCUT2D eigenvalue weighted by Crippen LogP contribution is -2.29. The molecule has 0 aliphatic carbocycles. The Hall–Kier alpha value is -2.57. The van der Waals surface area contributed by atoms with Crippen LogP contribution < -0.4 is 5.32 Å². The van der Waals surface area contributed by atoms with Crippen molar-refractivity contribution in [3.8, 4) is 0 Å². The highest BCUT2D eigenvalue weighted by Gasteiger charge is 2.19. The van der Waals surface area contributed by atoms with Crippen molar-refractivity contribution < 1.29 is 4.79 Å². The fourth-order valence-electron chi connectivity index (χ4n) is 3.25. The highest BCUT2D eigenvalue weighted by atomic mass is 32.1. The Morgan fingerprint density at radius 1 is 1.11 bits per heavy atom. The summed E-state index contributed by atoms with van der Waals surface area (Å²) in [5.41, 5.74) is 5.09. The molecule has 1 aromatic heterocycles. The van der Waals surface area contributed by atoms with Crippen LogP contribution in [0.3, 0.4) is 0 Å². The van der Waals surface area contributed by atoms with Crippen molar-refractivity contribution in [1.29, 1.82) is 0 Å². The van der Waals surface area contributed by atoms with Gasteiger partial charge in [-0.15, -0.1) is 10.2 Å². The SMILES string of the molecule is Cc1ccc(CNC(=O)c2nnc(CN3CCc4ccccc4C3)s2)cc1. The van der Waals surface area contributed by atoms with Gasteiger partial charge < -0.3 is 5.32 Å². The van der Waals surface area contributed by atoms with Crippen LogP contribution in [0.4, 0.5) is 0 Å². The van der Waals surface area contributed by atoms with Gasteiger partial charge >= 0.3 is 0 Å². The zero-order valence-corrected chi connectivity index (χ0v) is 16.1. The van der Waals surface area contributed by atoms with E-state index in [1.807, 2.05) is 31.2 Å². The summed E-state index contributed by atoms with van der Waals surface area (Å²) >= 11 is 1.38. The first-order chi connectivity index (χ1) is 13.2. The van der Waals surface area contributed by atoms with Crippen molar-refractivity contribution >= 4 is 17.2 Å². The van der Waals surface area contributed by atoms with Gasteiger partial charge in [-0.1, -0.05) is 65.4 Å². The van der Waals surface area contributed by atoms with E-state index in [2.05, 4.69) is 44.7 Å². The van der Waals surface area contributed by atoms with Gasteiger partial charge in [-0.25, -0.2) is 0 Å². The van der Waals surface area contributed by atoms with Crippen LogP contribution in [0.25, 0.3) is 0 Å². The molecular formula is C21H22N4OS. The number of hydrogen-bond donors (Lipinski definition) is 1. The Kier molecular flexibility index (Phi) is 5.27. The van der Waals surface area contributed by atoms with Crippen molar-refractivity contribution in [3.63, 3.8) is 0 Å². The van der Waals surface area contributed by atoms with E-state index in [0.717, 1.165) is 36.6 Å². The van der Waals surface area contributed by atoms with Gasteiger partial charge in [0.15, 0.2) is 0 Å². The predicted octanol–water partition coefficient (Wildman–Crippen LogP) is 3.33. The molecule has 0 saturated heterocycles. The molecule has 0 bridgehead atoms. The van der Waals surface area contributed by atoms with Crippen molar-refractivity contribution in [3.05, 3.63) is 80.8 Å². The number of hydrogen-bond acceptors (Lipinski definition) is 5. The number of nitrogens with one attached hydrogen (secondary N) is 1. The molecule has 0 radical (unpaired) electrons. The van der Waals surface area contributed by atoms with Crippen LogP contribution in [0.1, 0.15) is 37.1 Å². The highest BCUT2D eigenvalue weighted by Crippen LogP contribution is 2.21. The zero-order chi connectivity index (χ0) is 18.6. The van der Waals surface area contributed by atoms with Gasteiger partial charge in [-0.3, -0.25) is 9.69 Å². The molecule has 0 saturated carbocycles. The van der Waals surface area contributed by atoms with Gasteiger partial charge in [0, 0.05) is 19.6 Å². The van der Waals surface area contributed by atoms with Gasteiger partial charge in [0.25, 0.3) is 5.91 Å². The smallest absolute Gasteiger partial charge is 0.282 e. The molecule has 0 fully saturated rings. The normalized spacial score (nSPS) is 14.0. The first-order valence-electron chi connectivity index (χ1n) is 9.12. The Morgan fingerprint density at radius 2 is 1.89 bits per heavy atom. The van der Waals surface area contributed by atoms with Crippen molar-refractivity contribution in [2.75, 3.05) is 6.54 Å². The summed E-state index contributed by atoms with van der Waals surface area (Å²) in [5, 5.41) is 12.5. The second kappa shape index (κ2) is 7.98. The van der Waals surface area contributed by atoms with Crippen LogP contribution >= 0.6 is 11.3 Å². The summed E-state index contributed by atoms with van der Waals surface area (Å²) in [5.74, 6) is -0.164. The van der Waals surface area contributed by atoms with E-state index in [-0.39, 0.29) is 5.91 Å². The van der Waals surface area contributed by atoms with Crippen LogP contribution in [-0.2, 0) is 26.1 Å². The molecule has 6 heteroatoms. The minimum Gasteiger partial charge on any atom is -0.346 e. The first-order valence-corrected chi connectivity index (χ1v) is 9.94. The number of fused-ring (bicyclic) bond motifs is 1. The summed E-state index contributed by atoms with van der Waals surface area (Å²) in [6.45, 7) is 5.20. The largest absolute Gasteiger partial charge is 0.346 e. The van der Waals surface area contributed by atoms with Crippen LogP contribution in [0.5, 0.6) is 0 Å². The number of rotatable bonds is 5. The number of aryl methyl sites for hydroxylation is 1. The minimum absolute atomic E-state index is 0.164. The van der Waals surface area contributed by atoms with E-state index in [4.69, 9.17) is 0 Å². The average molecular weight is 379 g/mol. The third-order valence-corrected chi connectivity index (χ3v) is 5.71. The molecule has 0 unspecified atom stereocenters. The van der Waals surface area contributed by atoms with E-state index in [1.165, 1.54) is 28.0 Å². The monoisotopic (exact) mass is 378 g/mol. The molecule has 4 rings (SSSR count). The van der Waals surface area contributed by atoms with Crippen LogP contribution in [0, 0.1) is 6.92 Å². The van der Waals surface area contributed by atoms with Gasteiger partial charge in [-0.05, 0) is 30.0 Å². The van der Waals surface area contributed by atoms with E-state index in [0.29, 0.717) is 11.6 Å². The summed E-state index contributed by atoms with van der Waals surface area (Å²) in [6, 6.07) is 16.7. The molecule has 3 aromatic rings. The molecule has 2 aromatic carbocycles.